The SMILES string of the molecule is Cc1ccc2c(c1)CCC(c1c(Br)c3ccccc3c3ccccc13)=C2. The van der Waals surface area contributed by atoms with Crippen LogP contribution in [0.25, 0.3) is 33.2 Å². The zero-order valence-corrected chi connectivity index (χ0v) is 16.3. The molecule has 26 heavy (non-hydrogen) atoms. The Morgan fingerprint density at radius 3 is 2.15 bits per heavy atom. The van der Waals surface area contributed by atoms with Crippen molar-refractivity contribution in [3.63, 3.8) is 0 Å². The van der Waals surface area contributed by atoms with E-state index in [0.717, 1.165) is 12.8 Å². The Bertz CT molecular complexity index is 1200. The van der Waals surface area contributed by atoms with Crippen LogP contribution in [0.15, 0.2) is 71.2 Å². The Morgan fingerprint density at radius 1 is 0.731 bits per heavy atom. The highest BCUT2D eigenvalue weighted by Crippen LogP contribution is 2.43. The first-order chi connectivity index (χ1) is 12.7. The molecule has 0 radical (unpaired) electrons. The van der Waals surface area contributed by atoms with E-state index in [9.17, 15) is 0 Å². The lowest BCUT2D eigenvalue weighted by molar-refractivity contribution is 0.998. The molecule has 4 aromatic carbocycles. The lowest BCUT2D eigenvalue weighted by Crippen LogP contribution is -2.01. The number of aryl methyl sites for hydroxylation is 2. The summed E-state index contributed by atoms with van der Waals surface area (Å²) in [5.41, 5.74) is 6.95. The average Bonchev–Trinajstić information content (AvgIpc) is 2.68. The number of hydrogen-bond donors (Lipinski definition) is 0. The van der Waals surface area contributed by atoms with Crippen LogP contribution in [0.3, 0.4) is 0 Å². The lowest BCUT2D eigenvalue weighted by Gasteiger charge is -2.21. The molecule has 4 aromatic rings. The maximum Gasteiger partial charge on any atom is 0.0335 e. The van der Waals surface area contributed by atoms with Gasteiger partial charge in [0.1, 0.15) is 0 Å². The van der Waals surface area contributed by atoms with Crippen molar-refractivity contribution < 1.29 is 0 Å². The van der Waals surface area contributed by atoms with Crippen molar-refractivity contribution in [2.24, 2.45) is 0 Å². The van der Waals surface area contributed by atoms with Gasteiger partial charge in [0.15, 0.2) is 0 Å². The molecular formula is C25H19Br. The molecular weight excluding hydrogens is 380 g/mol. The fraction of sp³-hybridized carbons (Fsp3) is 0.120. The predicted molar refractivity (Wildman–Crippen MR) is 117 cm³/mol. The van der Waals surface area contributed by atoms with E-state index in [0.29, 0.717) is 0 Å². The molecule has 0 aromatic heterocycles. The minimum absolute atomic E-state index is 1.08. The highest BCUT2D eigenvalue weighted by molar-refractivity contribution is 9.10. The molecule has 5 rings (SSSR count). The summed E-state index contributed by atoms with van der Waals surface area (Å²) in [6.45, 7) is 2.17. The number of benzene rings is 4. The van der Waals surface area contributed by atoms with Gasteiger partial charge in [-0.3, -0.25) is 0 Å². The summed E-state index contributed by atoms with van der Waals surface area (Å²) in [4.78, 5) is 0. The fourth-order valence-electron chi connectivity index (χ4n) is 4.23. The first-order valence-corrected chi connectivity index (χ1v) is 9.91. The Labute approximate surface area is 162 Å². The van der Waals surface area contributed by atoms with Crippen LogP contribution in [0.1, 0.15) is 28.7 Å². The van der Waals surface area contributed by atoms with Crippen LogP contribution in [0.5, 0.6) is 0 Å². The van der Waals surface area contributed by atoms with E-state index in [1.165, 1.54) is 53.8 Å². The Balaban J connectivity index is 1.84. The third-order valence-corrected chi connectivity index (χ3v) is 6.31. The summed E-state index contributed by atoms with van der Waals surface area (Å²) >= 11 is 3.95. The molecule has 1 aliphatic carbocycles. The van der Waals surface area contributed by atoms with Crippen LogP contribution in [0, 0.1) is 6.92 Å². The zero-order valence-electron chi connectivity index (χ0n) is 14.7. The summed E-state index contributed by atoms with van der Waals surface area (Å²) in [5.74, 6) is 0. The predicted octanol–water partition coefficient (Wildman–Crippen LogP) is 7.55. The average molecular weight is 399 g/mol. The number of rotatable bonds is 1. The van der Waals surface area contributed by atoms with Gasteiger partial charge in [-0.2, -0.15) is 0 Å². The van der Waals surface area contributed by atoms with Gasteiger partial charge in [-0.05, 0) is 73.9 Å². The van der Waals surface area contributed by atoms with Gasteiger partial charge in [-0.1, -0.05) is 78.4 Å². The number of fused-ring (bicyclic) bond motifs is 4. The van der Waals surface area contributed by atoms with Crippen molar-refractivity contribution in [1.82, 2.24) is 0 Å². The van der Waals surface area contributed by atoms with Crippen molar-refractivity contribution in [3.05, 3.63) is 93.5 Å². The molecule has 0 amide bonds. The monoisotopic (exact) mass is 398 g/mol. The van der Waals surface area contributed by atoms with Crippen molar-refractivity contribution >= 4 is 49.1 Å². The highest BCUT2D eigenvalue weighted by atomic mass is 79.9. The van der Waals surface area contributed by atoms with E-state index in [2.05, 4.69) is 95.7 Å². The molecule has 0 bridgehead atoms. The van der Waals surface area contributed by atoms with E-state index < -0.39 is 0 Å². The molecule has 0 unspecified atom stereocenters. The van der Waals surface area contributed by atoms with Gasteiger partial charge in [0.2, 0.25) is 0 Å². The molecule has 0 fully saturated rings. The minimum Gasteiger partial charge on any atom is -0.0616 e. The second-order valence-corrected chi connectivity index (χ2v) is 7.94. The molecule has 126 valence electrons. The molecule has 0 heterocycles. The zero-order chi connectivity index (χ0) is 17.7. The van der Waals surface area contributed by atoms with Gasteiger partial charge in [0.25, 0.3) is 0 Å². The third kappa shape index (κ3) is 2.42. The fourth-order valence-corrected chi connectivity index (χ4v) is 5.04. The van der Waals surface area contributed by atoms with Crippen molar-refractivity contribution in [3.8, 4) is 0 Å². The molecule has 0 nitrogen and oxygen atoms in total. The molecule has 0 saturated carbocycles. The molecule has 1 heteroatoms. The summed E-state index contributed by atoms with van der Waals surface area (Å²) in [7, 11) is 0. The van der Waals surface area contributed by atoms with Crippen molar-refractivity contribution in [2.75, 3.05) is 0 Å². The van der Waals surface area contributed by atoms with Gasteiger partial charge in [-0.25, -0.2) is 0 Å². The minimum atomic E-state index is 1.08. The van der Waals surface area contributed by atoms with Gasteiger partial charge < -0.3 is 0 Å². The summed E-state index contributed by atoms with van der Waals surface area (Å²) < 4.78 is 1.22. The van der Waals surface area contributed by atoms with E-state index in [1.54, 1.807) is 0 Å². The van der Waals surface area contributed by atoms with Gasteiger partial charge in [0, 0.05) is 10.0 Å². The van der Waals surface area contributed by atoms with E-state index in [1.807, 2.05) is 0 Å². The Kier molecular flexibility index (Phi) is 3.72. The number of allylic oxidation sites excluding steroid dienone is 1. The van der Waals surface area contributed by atoms with Crippen LogP contribution in [-0.4, -0.2) is 0 Å². The van der Waals surface area contributed by atoms with Gasteiger partial charge in [-0.15, -0.1) is 0 Å². The van der Waals surface area contributed by atoms with Gasteiger partial charge in [0.05, 0.1) is 0 Å². The highest BCUT2D eigenvalue weighted by Gasteiger charge is 2.18. The Hall–Kier alpha value is -2.38. The maximum atomic E-state index is 3.95. The second kappa shape index (κ2) is 6.10. The lowest BCUT2D eigenvalue weighted by atomic mass is 9.85. The summed E-state index contributed by atoms with van der Waals surface area (Å²) in [6.07, 6.45) is 4.58. The first-order valence-electron chi connectivity index (χ1n) is 9.12. The van der Waals surface area contributed by atoms with Crippen LogP contribution in [0.2, 0.25) is 0 Å². The smallest absolute Gasteiger partial charge is 0.0335 e. The van der Waals surface area contributed by atoms with Crippen molar-refractivity contribution in [1.29, 1.82) is 0 Å². The standard InChI is InChI=1S/C25H19Br/c1-16-10-11-18-15-19(13-12-17(18)14-16)24-22-8-4-2-6-20(22)21-7-3-5-9-23(21)25(24)26/h2-11,14-15H,12-13H2,1H3. The van der Waals surface area contributed by atoms with E-state index in [-0.39, 0.29) is 0 Å². The van der Waals surface area contributed by atoms with Crippen LogP contribution in [0.4, 0.5) is 0 Å². The van der Waals surface area contributed by atoms with Crippen LogP contribution in [-0.2, 0) is 6.42 Å². The summed E-state index contributed by atoms with van der Waals surface area (Å²) in [6, 6.07) is 24.3. The largest absolute Gasteiger partial charge is 0.0616 e. The molecule has 0 atom stereocenters. The van der Waals surface area contributed by atoms with Crippen LogP contribution >= 0.6 is 15.9 Å². The van der Waals surface area contributed by atoms with E-state index >= 15 is 0 Å². The second-order valence-electron chi connectivity index (χ2n) is 7.15. The molecule has 1 aliphatic rings. The molecule has 0 N–H and O–H groups in total. The van der Waals surface area contributed by atoms with E-state index in [4.69, 9.17) is 0 Å². The van der Waals surface area contributed by atoms with Crippen LogP contribution < -0.4 is 0 Å². The molecule has 0 aliphatic heterocycles. The first kappa shape index (κ1) is 15.8. The third-order valence-electron chi connectivity index (χ3n) is 5.48. The molecule has 0 saturated heterocycles. The maximum absolute atomic E-state index is 3.95. The van der Waals surface area contributed by atoms with Gasteiger partial charge >= 0.3 is 0 Å². The topological polar surface area (TPSA) is 0 Å². The van der Waals surface area contributed by atoms with Crippen molar-refractivity contribution in [2.45, 2.75) is 19.8 Å². The number of hydrogen-bond acceptors (Lipinski definition) is 0. The normalized spacial score (nSPS) is 13.7. The quantitative estimate of drug-likeness (QED) is 0.290. The number of halogens is 1. The summed E-state index contributed by atoms with van der Waals surface area (Å²) in [5, 5.41) is 5.26. The Morgan fingerprint density at radius 2 is 1.38 bits per heavy atom. The molecule has 0 spiro atoms.